The third-order valence-corrected chi connectivity index (χ3v) is 4.03. The summed E-state index contributed by atoms with van der Waals surface area (Å²) in [5, 5.41) is 13.3. The molecule has 1 aromatic heterocycles. The summed E-state index contributed by atoms with van der Waals surface area (Å²) in [6, 6.07) is 6.87. The first-order chi connectivity index (χ1) is 9.81. The molecule has 0 bridgehead atoms. The van der Waals surface area contributed by atoms with E-state index in [1.165, 1.54) is 38.5 Å². The molecule has 0 spiro atoms. The maximum atomic E-state index is 9.29. The van der Waals surface area contributed by atoms with Crippen molar-refractivity contribution < 1.29 is 9.63 Å². The molecule has 0 radical (unpaired) electrons. The van der Waals surface area contributed by atoms with E-state index in [4.69, 9.17) is 4.52 Å². The topological polar surface area (TPSA) is 59.2 Å². The largest absolute Gasteiger partial charge is 0.508 e. The summed E-state index contributed by atoms with van der Waals surface area (Å²) >= 11 is 0. The van der Waals surface area contributed by atoms with Gasteiger partial charge in [0.2, 0.25) is 11.7 Å². The van der Waals surface area contributed by atoms with E-state index < -0.39 is 0 Å². The van der Waals surface area contributed by atoms with Crippen LogP contribution in [0, 0.1) is 5.92 Å². The summed E-state index contributed by atoms with van der Waals surface area (Å²) in [6.45, 7) is 0. The normalized spacial score (nSPS) is 17.0. The molecule has 1 N–H and O–H groups in total. The quantitative estimate of drug-likeness (QED) is 0.859. The van der Waals surface area contributed by atoms with Crippen molar-refractivity contribution in [3.05, 3.63) is 30.2 Å². The highest BCUT2D eigenvalue weighted by Gasteiger charge is 2.17. The Morgan fingerprint density at radius 3 is 2.45 bits per heavy atom. The molecule has 0 unspecified atom stereocenters. The number of phenolic OH excluding ortho intramolecular Hbond substituents is 1. The number of rotatable bonds is 3. The highest BCUT2D eigenvalue weighted by Crippen LogP contribution is 2.26. The van der Waals surface area contributed by atoms with E-state index in [1.54, 1.807) is 24.3 Å². The van der Waals surface area contributed by atoms with Gasteiger partial charge in [-0.1, -0.05) is 30.8 Å². The molecule has 4 heteroatoms. The van der Waals surface area contributed by atoms with Crippen LogP contribution in [0.4, 0.5) is 0 Å². The van der Waals surface area contributed by atoms with Crippen molar-refractivity contribution in [3.8, 4) is 17.1 Å². The zero-order valence-corrected chi connectivity index (χ0v) is 11.6. The molecule has 20 heavy (non-hydrogen) atoms. The third kappa shape index (κ3) is 3.18. The fourth-order valence-electron chi connectivity index (χ4n) is 2.88. The molecule has 3 rings (SSSR count). The first-order valence-corrected chi connectivity index (χ1v) is 7.43. The highest BCUT2D eigenvalue weighted by molar-refractivity contribution is 5.55. The van der Waals surface area contributed by atoms with E-state index in [9.17, 15) is 5.11 Å². The van der Waals surface area contributed by atoms with Crippen molar-refractivity contribution in [3.63, 3.8) is 0 Å². The van der Waals surface area contributed by atoms with Crippen molar-refractivity contribution >= 4 is 0 Å². The van der Waals surface area contributed by atoms with Crippen molar-refractivity contribution in [1.29, 1.82) is 0 Å². The minimum absolute atomic E-state index is 0.246. The van der Waals surface area contributed by atoms with E-state index in [1.807, 2.05) is 0 Å². The summed E-state index contributed by atoms with van der Waals surface area (Å²) in [4.78, 5) is 4.48. The zero-order valence-electron chi connectivity index (χ0n) is 11.6. The van der Waals surface area contributed by atoms with Crippen LogP contribution >= 0.6 is 0 Å². The number of phenols is 1. The van der Waals surface area contributed by atoms with E-state index in [0.29, 0.717) is 11.7 Å². The summed E-state index contributed by atoms with van der Waals surface area (Å²) < 4.78 is 5.37. The molecule has 2 aromatic rings. The minimum atomic E-state index is 0.246. The summed E-state index contributed by atoms with van der Waals surface area (Å²) in [5.41, 5.74) is 0.874. The maximum Gasteiger partial charge on any atom is 0.227 e. The van der Waals surface area contributed by atoms with Crippen LogP contribution in [0.3, 0.4) is 0 Å². The van der Waals surface area contributed by atoms with Crippen LogP contribution in [0.1, 0.15) is 44.4 Å². The minimum Gasteiger partial charge on any atom is -0.508 e. The van der Waals surface area contributed by atoms with Gasteiger partial charge in [0.25, 0.3) is 0 Å². The van der Waals surface area contributed by atoms with Gasteiger partial charge in [0, 0.05) is 12.0 Å². The summed E-state index contributed by atoms with van der Waals surface area (Å²) in [5.74, 6) is 2.27. The molecule has 4 nitrogen and oxygen atoms in total. The number of aromatic nitrogens is 2. The van der Waals surface area contributed by atoms with Gasteiger partial charge in [-0.3, -0.25) is 0 Å². The van der Waals surface area contributed by atoms with E-state index in [2.05, 4.69) is 10.1 Å². The van der Waals surface area contributed by atoms with Crippen molar-refractivity contribution in [2.24, 2.45) is 5.92 Å². The van der Waals surface area contributed by atoms with E-state index in [-0.39, 0.29) is 5.75 Å². The summed E-state index contributed by atoms with van der Waals surface area (Å²) in [7, 11) is 0. The Kier molecular flexibility index (Phi) is 4.00. The maximum absolute atomic E-state index is 9.29. The van der Waals surface area contributed by atoms with Gasteiger partial charge >= 0.3 is 0 Å². The van der Waals surface area contributed by atoms with Crippen LogP contribution in [0.2, 0.25) is 0 Å². The van der Waals surface area contributed by atoms with Gasteiger partial charge in [-0.2, -0.15) is 4.98 Å². The van der Waals surface area contributed by atoms with Crippen LogP contribution in [0.5, 0.6) is 5.75 Å². The second kappa shape index (κ2) is 6.07. The Labute approximate surface area is 118 Å². The predicted molar refractivity (Wildman–Crippen MR) is 76.3 cm³/mol. The average molecular weight is 272 g/mol. The number of hydrogen-bond acceptors (Lipinski definition) is 4. The van der Waals surface area contributed by atoms with Gasteiger partial charge in [-0.05, 0) is 43.0 Å². The Morgan fingerprint density at radius 1 is 1.05 bits per heavy atom. The van der Waals surface area contributed by atoms with Gasteiger partial charge in [-0.15, -0.1) is 0 Å². The van der Waals surface area contributed by atoms with Crippen molar-refractivity contribution in [2.75, 3.05) is 0 Å². The molecule has 0 aliphatic heterocycles. The molecule has 1 saturated carbocycles. The van der Waals surface area contributed by atoms with Gasteiger partial charge in [0.15, 0.2) is 0 Å². The molecule has 1 fully saturated rings. The second-order valence-electron chi connectivity index (χ2n) is 5.62. The van der Waals surface area contributed by atoms with Gasteiger partial charge in [-0.25, -0.2) is 0 Å². The lowest BCUT2D eigenvalue weighted by Crippen LogP contribution is -2.03. The smallest absolute Gasteiger partial charge is 0.227 e. The highest BCUT2D eigenvalue weighted by atomic mass is 16.5. The van der Waals surface area contributed by atoms with Gasteiger partial charge < -0.3 is 9.63 Å². The first-order valence-electron chi connectivity index (χ1n) is 7.43. The molecular weight excluding hydrogens is 252 g/mol. The molecule has 106 valence electrons. The number of hydrogen-bond donors (Lipinski definition) is 1. The molecule has 0 saturated heterocycles. The van der Waals surface area contributed by atoms with Crippen LogP contribution in [-0.4, -0.2) is 15.2 Å². The monoisotopic (exact) mass is 272 g/mol. The number of benzene rings is 1. The zero-order chi connectivity index (χ0) is 13.8. The van der Waals surface area contributed by atoms with Crippen LogP contribution in [-0.2, 0) is 6.42 Å². The lowest BCUT2D eigenvalue weighted by molar-refractivity contribution is 0.339. The van der Waals surface area contributed by atoms with Gasteiger partial charge in [0.1, 0.15) is 5.75 Å². The number of nitrogens with zero attached hydrogens (tertiary/aromatic N) is 2. The van der Waals surface area contributed by atoms with Crippen LogP contribution in [0.25, 0.3) is 11.4 Å². The van der Waals surface area contributed by atoms with Crippen LogP contribution in [0.15, 0.2) is 28.8 Å². The Morgan fingerprint density at radius 2 is 1.75 bits per heavy atom. The number of aromatic hydroxyl groups is 1. The average Bonchev–Trinajstić information content (AvgIpc) is 2.76. The molecule has 0 amide bonds. The second-order valence-corrected chi connectivity index (χ2v) is 5.62. The van der Waals surface area contributed by atoms with E-state index in [0.717, 1.165) is 17.9 Å². The van der Waals surface area contributed by atoms with E-state index >= 15 is 0 Å². The molecule has 0 atom stereocenters. The first kappa shape index (κ1) is 13.2. The lowest BCUT2D eigenvalue weighted by Gasteiger charge is -2.09. The Bertz CT molecular complexity index is 540. The molecule has 1 aromatic carbocycles. The van der Waals surface area contributed by atoms with Crippen molar-refractivity contribution in [2.45, 2.75) is 44.9 Å². The van der Waals surface area contributed by atoms with Crippen LogP contribution < -0.4 is 0 Å². The Balaban J connectivity index is 1.68. The fourth-order valence-corrected chi connectivity index (χ4v) is 2.88. The fraction of sp³-hybridized carbons (Fsp3) is 0.500. The summed E-state index contributed by atoms with van der Waals surface area (Å²) in [6.07, 6.45) is 8.81. The Hall–Kier alpha value is -1.84. The molecule has 1 heterocycles. The standard InChI is InChI=1S/C16H20N2O2/c19-14-9-7-13(8-10-14)16-17-15(20-18-16)11-12-5-3-1-2-4-6-12/h7-10,12,19H,1-6,11H2. The predicted octanol–water partition coefficient (Wildman–Crippen LogP) is 3.96. The SMILES string of the molecule is Oc1ccc(-c2noc(CC3CCCCCC3)n2)cc1. The lowest BCUT2D eigenvalue weighted by atomic mass is 9.97. The van der Waals surface area contributed by atoms with Gasteiger partial charge in [0.05, 0.1) is 0 Å². The van der Waals surface area contributed by atoms with Crippen molar-refractivity contribution in [1.82, 2.24) is 10.1 Å². The molecular formula is C16H20N2O2. The molecule has 1 aliphatic carbocycles. The third-order valence-electron chi connectivity index (χ3n) is 4.03. The molecule has 1 aliphatic rings.